The summed E-state index contributed by atoms with van der Waals surface area (Å²) in [6.07, 6.45) is 4.87. The molecule has 0 unspecified atom stereocenters. The summed E-state index contributed by atoms with van der Waals surface area (Å²) in [6, 6.07) is 3.99. The number of nitrogen functional groups attached to an aromatic ring is 1. The van der Waals surface area contributed by atoms with Crippen LogP contribution >= 0.6 is 0 Å². The van der Waals surface area contributed by atoms with Crippen molar-refractivity contribution in [3.05, 3.63) is 42.1 Å². The largest absolute Gasteiger partial charge is 0.394 e. The van der Waals surface area contributed by atoms with Gasteiger partial charge in [-0.3, -0.25) is 4.98 Å². The Balaban J connectivity index is 2.02. The van der Waals surface area contributed by atoms with Gasteiger partial charge in [-0.25, -0.2) is 9.97 Å². The molecule has 3 N–H and O–H groups in total. The molecule has 0 radical (unpaired) electrons. The maximum Gasteiger partial charge on any atom is 0.152 e. The topological polar surface area (TPSA) is 76.7 Å². The van der Waals surface area contributed by atoms with E-state index < -0.39 is 0 Å². The molecule has 2 heterocycles. The van der Waals surface area contributed by atoms with Crippen molar-refractivity contribution in [3.63, 3.8) is 0 Å². The average molecular weight is 215 g/mol. The van der Waals surface area contributed by atoms with Crippen molar-refractivity contribution < 1.29 is 0 Å². The van der Waals surface area contributed by atoms with E-state index in [1.165, 1.54) is 6.33 Å². The number of pyridine rings is 1. The molecule has 0 aromatic carbocycles. The monoisotopic (exact) mass is 215 g/mol. The first-order chi connectivity index (χ1) is 7.75. The molecule has 0 atom stereocenters. The van der Waals surface area contributed by atoms with Gasteiger partial charge in [-0.1, -0.05) is 6.07 Å². The molecule has 2 rings (SSSR count). The zero-order valence-corrected chi connectivity index (χ0v) is 9.01. The van der Waals surface area contributed by atoms with Crippen LogP contribution in [-0.2, 0) is 6.54 Å². The lowest BCUT2D eigenvalue weighted by molar-refractivity contribution is 1.06. The lowest BCUT2D eigenvalue weighted by atomic mass is 10.2. The van der Waals surface area contributed by atoms with Crippen molar-refractivity contribution in [1.29, 1.82) is 0 Å². The summed E-state index contributed by atoms with van der Waals surface area (Å²) in [5.41, 5.74) is 8.34. The maximum atomic E-state index is 5.71. The van der Waals surface area contributed by atoms with Crippen LogP contribution < -0.4 is 11.1 Å². The molecular formula is C11H13N5. The molecule has 0 saturated carbocycles. The first-order valence-electron chi connectivity index (χ1n) is 4.96. The van der Waals surface area contributed by atoms with E-state index in [0.717, 1.165) is 11.3 Å². The molecule has 0 aliphatic carbocycles. The molecule has 2 aromatic rings. The molecule has 0 bridgehead atoms. The van der Waals surface area contributed by atoms with Crippen LogP contribution in [0.2, 0.25) is 0 Å². The van der Waals surface area contributed by atoms with Gasteiger partial charge in [0.1, 0.15) is 6.33 Å². The number of nitrogens with one attached hydrogen (secondary N) is 1. The molecule has 2 aromatic heterocycles. The van der Waals surface area contributed by atoms with E-state index >= 15 is 0 Å². The standard InChI is InChI=1S/C11H13N5/c1-8-2-3-9(4-14-8)5-15-11-10(12)6-13-7-16-11/h2-4,6-7H,5,12H2,1H3,(H,13,15,16). The van der Waals surface area contributed by atoms with Crippen LogP contribution in [0.25, 0.3) is 0 Å². The average Bonchev–Trinajstić information content (AvgIpc) is 2.30. The van der Waals surface area contributed by atoms with Crippen LogP contribution in [-0.4, -0.2) is 15.0 Å². The van der Waals surface area contributed by atoms with E-state index in [-0.39, 0.29) is 0 Å². The number of hydrogen-bond acceptors (Lipinski definition) is 5. The zero-order valence-electron chi connectivity index (χ0n) is 9.01. The number of aryl methyl sites for hydroxylation is 1. The van der Waals surface area contributed by atoms with Gasteiger partial charge >= 0.3 is 0 Å². The summed E-state index contributed by atoms with van der Waals surface area (Å²) in [6.45, 7) is 2.61. The van der Waals surface area contributed by atoms with E-state index in [2.05, 4.69) is 20.3 Å². The summed E-state index contributed by atoms with van der Waals surface area (Å²) in [7, 11) is 0. The van der Waals surface area contributed by atoms with E-state index in [1.807, 2.05) is 25.3 Å². The van der Waals surface area contributed by atoms with Gasteiger partial charge in [0.25, 0.3) is 0 Å². The summed E-state index contributed by atoms with van der Waals surface area (Å²) in [5.74, 6) is 0.649. The van der Waals surface area contributed by atoms with Crippen molar-refractivity contribution in [2.45, 2.75) is 13.5 Å². The maximum absolute atomic E-state index is 5.71. The lowest BCUT2D eigenvalue weighted by Gasteiger charge is -2.07. The Kier molecular flexibility index (Phi) is 2.95. The van der Waals surface area contributed by atoms with Crippen molar-refractivity contribution in [2.24, 2.45) is 0 Å². The predicted molar refractivity (Wildman–Crippen MR) is 62.7 cm³/mol. The van der Waals surface area contributed by atoms with Crippen molar-refractivity contribution in [2.75, 3.05) is 11.1 Å². The normalized spacial score (nSPS) is 10.1. The van der Waals surface area contributed by atoms with Gasteiger partial charge < -0.3 is 11.1 Å². The number of hydrogen-bond donors (Lipinski definition) is 2. The highest BCUT2D eigenvalue weighted by atomic mass is 15.0. The number of aromatic nitrogens is 3. The van der Waals surface area contributed by atoms with E-state index in [1.54, 1.807) is 6.20 Å². The SMILES string of the molecule is Cc1ccc(CNc2ncncc2N)cn1. The highest BCUT2D eigenvalue weighted by molar-refractivity contribution is 5.58. The number of anilines is 2. The van der Waals surface area contributed by atoms with Crippen LogP contribution in [0.5, 0.6) is 0 Å². The van der Waals surface area contributed by atoms with Gasteiger partial charge in [-0.15, -0.1) is 0 Å². The third kappa shape index (κ3) is 2.44. The van der Waals surface area contributed by atoms with Crippen LogP contribution in [0, 0.1) is 6.92 Å². The second kappa shape index (κ2) is 4.57. The molecule has 82 valence electrons. The van der Waals surface area contributed by atoms with Crippen molar-refractivity contribution in [1.82, 2.24) is 15.0 Å². The fourth-order valence-electron chi connectivity index (χ4n) is 1.28. The summed E-state index contributed by atoms with van der Waals surface area (Å²) in [5, 5.41) is 3.13. The van der Waals surface area contributed by atoms with Crippen molar-refractivity contribution >= 4 is 11.5 Å². The molecule has 0 saturated heterocycles. The Bertz CT molecular complexity index is 466. The van der Waals surface area contributed by atoms with Crippen LogP contribution in [0.4, 0.5) is 11.5 Å². The number of rotatable bonds is 3. The second-order valence-electron chi connectivity index (χ2n) is 3.49. The van der Waals surface area contributed by atoms with Crippen LogP contribution in [0.1, 0.15) is 11.3 Å². The Hall–Kier alpha value is -2.17. The molecular weight excluding hydrogens is 202 g/mol. The van der Waals surface area contributed by atoms with Gasteiger partial charge in [-0.05, 0) is 18.6 Å². The molecule has 0 aliphatic heterocycles. The molecule has 0 spiro atoms. The third-order valence-electron chi connectivity index (χ3n) is 2.17. The molecule has 0 amide bonds. The smallest absolute Gasteiger partial charge is 0.152 e. The highest BCUT2D eigenvalue weighted by Gasteiger charge is 1.99. The third-order valence-corrected chi connectivity index (χ3v) is 2.17. The van der Waals surface area contributed by atoms with Gasteiger partial charge in [0.15, 0.2) is 5.82 Å². The highest BCUT2D eigenvalue weighted by Crippen LogP contribution is 2.12. The Morgan fingerprint density at radius 1 is 1.25 bits per heavy atom. The van der Waals surface area contributed by atoms with Gasteiger partial charge in [0.2, 0.25) is 0 Å². The fourth-order valence-corrected chi connectivity index (χ4v) is 1.28. The van der Waals surface area contributed by atoms with E-state index in [4.69, 9.17) is 5.73 Å². The molecule has 16 heavy (non-hydrogen) atoms. The van der Waals surface area contributed by atoms with Gasteiger partial charge in [0, 0.05) is 18.4 Å². The molecule has 0 aliphatic rings. The molecule has 5 heteroatoms. The summed E-state index contributed by atoms with van der Waals surface area (Å²) in [4.78, 5) is 12.1. The Morgan fingerprint density at radius 3 is 2.81 bits per heavy atom. The quantitative estimate of drug-likeness (QED) is 0.808. The zero-order chi connectivity index (χ0) is 11.4. The second-order valence-corrected chi connectivity index (χ2v) is 3.49. The van der Waals surface area contributed by atoms with E-state index in [0.29, 0.717) is 18.1 Å². The van der Waals surface area contributed by atoms with Crippen molar-refractivity contribution in [3.8, 4) is 0 Å². The predicted octanol–water partition coefficient (Wildman–Crippen LogP) is 1.37. The lowest BCUT2D eigenvalue weighted by Crippen LogP contribution is -2.05. The van der Waals surface area contributed by atoms with Crippen LogP contribution in [0.3, 0.4) is 0 Å². The number of nitrogens with zero attached hydrogens (tertiary/aromatic N) is 3. The Labute approximate surface area is 93.8 Å². The van der Waals surface area contributed by atoms with E-state index in [9.17, 15) is 0 Å². The minimum absolute atomic E-state index is 0.544. The van der Waals surface area contributed by atoms with Crippen LogP contribution in [0.15, 0.2) is 30.9 Å². The molecule has 5 nitrogen and oxygen atoms in total. The first kappa shape index (κ1) is 10.4. The summed E-state index contributed by atoms with van der Waals surface area (Å²) < 4.78 is 0. The Morgan fingerprint density at radius 2 is 2.12 bits per heavy atom. The first-order valence-corrected chi connectivity index (χ1v) is 4.96. The number of nitrogens with two attached hydrogens (primary N) is 1. The fraction of sp³-hybridized carbons (Fsp3) is 0.182. The molecule has 0 fully saturated rings. The van der Waals surface area contributed by atoms with Gasteiger partial charge in [0.05, 0.1) is 11.9 Å². The minimum Gasteiger partial charge on any atom is -0.394 e. The minimum atomic E-state index is 0.544. The van der Waals surface area contributed by atoms with Gasteiger partial charge in [-0.2, -0.15) is 0 Å². The summed E-state index contributed by atoms with van der Waals surface area (Å²) >= 11 is 0.